The van der Waals surface area contributed by atoms with Crippen molar-refractivity contribution in [1.29, 1.82) is 0 Å². The number of hydrogen-bond donors (Lipinski definition) is 1. The first-order valence-corrected chi connectivity index (χ1v) is 9.97. The van der Waals surface area contributed by atoms with Crippen LogP contribution in [0.3, 0.4) is 0 Å². The molecule has 1 saturated heterocycles. The molecular formula is C19H25N3O2S. The fourth-order valence-electron chi connectivity index (χ4n) is 3.12. The maximum Gasteiger partial charge on any atom is 0.262 e. The van der Waals surface area contributed by atoms with Crippen molar-refractivity contribution < 1.29 is 8.42 Å². The third-order valence-electron chi connectivity index (χ3n) is 4.61. The summed E-state index contributed by atoms with van der Waals surface area (Å²) in [6.45, 7) is 7.84. The highest BCUT2D eigenvalue weighted by atomic mass is 32.2. The van der Waals surface area contributed by atoms with Gasteiger partial charge in [-0.25, -0.2) is 8.42 Å². The number of piperazine rings is 1. The summed E-state index contributed by atoms with van der Waals surface area (Å²) in [4.78, 5) is 4.95. The van der Waals surface area contributed by atoms with Gasteiger partial charge in [0.25, 0.3) is 10.0 Å². The van der Waals surface area contributed by atoms with Gasteiger partial charge in [-0.1, -0.05) is 17.7 Å². The fourth-order valence-corrected chi connectivity index (χ4v) is 4.40. The zero-order valence-corrected chi connectivity index (χ0v) is 15.8. The van der Waals surface area contributed by atoms with E-state index in [2.05, 4.69) is 21.6 Å². The number of nitrogens with zero attached hydrogens (tertiary/aromatic N) is 2. The fraction of sp³-hybridized carbons (Fsp3) is 0.368. The first-order valence-electron chi connectivity index (χ1n) is 8.49. The van der Waals surface area contributed by atoms with Crippen LogP contribution < -0.4 is 9.62 Å². The first kappa shape index (κ1) is 17.8. The summed E-state index contributed by atoms with van der Waals surface area (Å²) in [6, 6.07) is 13.0. The minimum atomic E-state index is -3.58. The van der Waals surface area contributed by atoms with Gasteiger partial charge in [0.2, 0.25) is 0 Å². The predicted molar refractivity (Wildman–Crippen MR) is 103 cm³/mol. The average Bonchev–Trinajstić information content (AvgIpc) is 2.55. The number of hydrogen-bond acceptors (Lipinski definition) is 4. The van der Waals surface area contributed by atoms with Gasteiger partial charge in [-0.2, -0.15) is 0 Å². The number of benzene rings is 2. The molecule has 0 aliphatic carbocycles. The van der Waals surface area contributed by atoms with Crippen LogP contribution in [-0.4, -0.2) is 46.5 Å². The highest BCUT2D eigenvalue weighted by Crippen LogP contribution is 2.23. The Kier molecular flexibility index (Phi) is 5.01. The molecule has 0 spiro atoms. The van der Waals surface area contributed by atoms with Gasteiger partial charge in [0, 0.05) is 37.6 Å². The molecule has 3 rings (SSSR count). The minimum absolute atomic E-state index is 0.321. The lowest BCUT2D eigenvalue weighted by Gasteiger charge is -2.34. The third kappa shape index (κ3) is 4.14. The van der Waals surface area contributed by atoms with Crippen molar-refractivity contribution in [2.45, 2.75) is 18.7 Å². The molecule has 0 aromatic heterocycles. The summed E-state index contributed by atoms with van der Waals surface area (Å²) in [7, 11) is -1.45. The van der Waals surface area contributed by atoms with Gasteiger partial charge in [0.15, 0.2) is 0 Å². The molecule has 0 radical (unpaired) electrons. The standard InChI is InChI=1S/C19H25N3O2S/c1-15-4-9-19(16(2)14-15)25(23,24)20-17-5-7-18(8-6-17)22-12-10-21(3)11-13-22/h4-9,14,20H,10-13H2,1-3H3. The molecule has 0 bridgehead atoms. The maximum atomic E-state index is 12.6. The van der Waals surface area contributed by atoms with Gasteiger partial charge in [-0.3, -0.25) is 4.72 Å². The van der Waals surface area contributed by atoms with Crippen molar-refractivity contribution in [3.05, 3.63) is 53.6 Å². The lowest BCUT2D eigenvalue weighted by molar-refractivity contribution is 0.313. The van der Waals surface area contributed by atoms with E-state index in [9.17, 15) is 8.42 Å². The molecule has 0 amide bonds. The lowest BCUT2D eigenvalue weighted by atomic mass is 10.2. The Morgan fingerprint density at radius 3 is 2.16 bits per heavy atom. The number of anilines is 2. The van der Waals surface area contributed by atoms with Crippen LogP contribution in [0.5, 0.6) is 0 Å². The molecule has 6 heteroatoms. The van der Waals surface area contributed by atoms with Crippen LogP contribution in [-0.2, 0) is 10.0 Å². The van der Waals surface area contributed by atoms with Crippen LogP contribution in [0.15, 0.2) is 47.4 Å². The molecule has 1 aliphatic rings. The van der Waals surface area contributed by atoms with Crippen LogP contribution in [0.2, 0.25) is 0 Å². The summed E-state index contributed by atoms with van der Waals surface area (Å²) in [5.74, 6) is 0. The Morgan fingerprint density at radius 2 is 1.56 bits per heavy atom. The van der Waals surface area contributed by atoms with E-state index in [1.807, 2.05) is 50.2 Å². The van der Waals surface area contributed by atoms with Crippen molar-refractivity contribution in [1.82, 2.24) is 4.90 Å². The summed E-state index contributed by atoms with van der Waals surface area (Å²) in [5, 5.41) is 0. The predicted octanol–water partition coefficient (Wildman–Crippen LogP) is 2.86. The zero-order valence-electron chi connectivity index (χ0n) is 15.0. The third-order valence-corrected chi connectivity index (χ3v) is 6.15. The second-order valence-electron chi connectivity index (χ2n) is 6.71. The summed E-state index contributed by atoms with van der Waals surface area (Å²) in [6.07, 6.45) is 0. The SMILES string of the molecule is Cc1ccc(S(=O)(=O)Nc2ccc(N3CCN(C)CC3)cc2)c(C)c1. The lowest BCUT2D eigenvalue weighted by Crippen LogP contribution is -2.44. The summed E-state index contributed by atoms with van der Waals surface area (Å²) >= 11 is 0. The normalized spacial score (nSPS) is 16.0. The molecule has 5 nitrogen and oxygen atoms in total. The van der Waals surface area contributed by atoms with Gasteiger partial charge in [0.05, 0.1) is 4.90 Å². The van der Waals surface area contributed by atoms with E-state index in [-0.39, 0.29) is 0 Å². The zero-order chi connectivity index (χ0) is 18.0. The molecular weight excluding hydrogens is 334 g/mol. The molecule has 1 fully saturated rings. The van der Waals surface area contributed by atoms with E-state index in [0.717, 1.165) is 43.0 Å². The number of rotatable bonds is 4. The van der Waals surface area contributed by atoms with Gasteiger partial charge >= 0.3 is 0 Å². The minimum Gasteiger partial charge on any atom is -0.369 e. The molecule has 1 heterocycles. The largest absolute Gasteiger partial charge is 0.369 e. The molecule has 1 aliphatic heterocycles. The molecule has 0 atom stereocenters. The number of likely N-dealkylation sites (N-methyl/N-ethyl adjacent to an activating group) is 1. The van der Waals surface area contributed by atoms with Gasteiger partial charge in [-0.15, -0.1) is 0 Å². The monoisotopic (exact) mass is 359 g/mol. The van der Waals surface area contributed by atoms with E-state index >= 15 is 0 Å². The smallest absolute Gasteiger partial charge is 0.262 e. The Labute approximate surface area is 150 Å². The first-order chi connectivity index (χ1) is 11.8. The van der Waals surface area contributed by atoms with Crippen LogP contribution in [0.4, 0.5) is 11.4 Å². The van der Waals surface area contributed by atoms with Crippen molar-refractivity contribution in [2.75, 3.05) is 42.8 Å². The van der Waals surface area contributed by atoms with E-state index < -0.39 is 10.0 Å². The van der Waals surface area contributed by atoms with E-state index in [1.165, 1.54) is 0 Å². The quantitative estimate of drug-likeness (QED) is 0.912. The Morgan fingerprint density at radius 1 is 0.920 bits per heavy atom. The average molecular weight is 359 g/mol. The Hall–Kier alpha value is -2.05. The van der Waals surface area contributed by atoms with Gasteiger partial charge in [-0.05, 0) is 56.8 Å². The van der Waals surface area contributed by atoms with Crippen LogP contribution in [0.1, 0.15) is 11.1 Å². The van der Waals surface area contributed by atoms with Crippen molar-refractivity contribution in [2.24, 2.45) is 0 Å². The van der Waals surface area contributed by atoms with E-state index in [0.29, 0.717) is 10.6 Å². The van der Waals surface area contributed by atoms with E-state index in [4.69, 9.17) is 0 Å². The molecule has 1 N–H and O–H groups in total. The van der Waals surface area contributed by atoms with E-state index in [1.54, 1.807) is 6.07 Å². The van der Waals surface area contributed by atoms with Crippen LogP contribution >= 0.6 is 0 Å². The Balaban J connectivity index is 1.74. The molecule has 134 valence electrons. The van der Waals surface area contributed by atoms with Crippen molar-refractivity contribution in [3.63, 3.8) is 0 Å². The summed E-state index contributed by atoms with van der Waals surface area (Å²) in [5.41, 5.74) is 3.51. The second-order valence-corrected chi connectivity index (χ2v) is 8.36. The van der Waals surface area contributed by atoms with Gasteiger partial charge in [0.1, 0.15) is 0 Å². The Bertz CT molecular complexity index is 839. The highest BCUT2D eigenvalue weighted by Gasteiger charge is 2.18. The number of aryl methyl sites for hydroxylation is 2. The highest BCUT2D eigenvalue weighted by molar-refractivity contribution is 7.92. The number of nitrogens with one attached hydrogen (secondary N) is 1. The molecule has 2 aromatic carbocycles. The molecule has 0 unspecified atom stereocenters. The maximum absolute atomic E-state index is 12.6. The van der Waals surface area contributed by atoms with Crippen LogP contribution in [0, 0.1) is 13.8 Å². The summed E-state index contributed by atoms with van der Waals surface area (Å²) < 4.78 is 27.9. The van der Waals surface area contributed by atoms with Crippen molar-refractivity contribution in [3.8, 4) is 0 Å². The van der Waals surface area contributed by atoms with Gasteiger partial charge < -0.3 is 9.80 Å². The van der Waals surface area contributed by atoms with Crippen LogP contribution in [0.25, 0.3) is 0 Å². The van der Waals surface area contributed by atoms with Crippen molar-refractivity contribution >= 4 is 21.4 Å². The molecule has 2 aromatic rings. The topological polar surface area (TPSA) is 52.7 Å². The number of sulfonamides is 1. The second kappa shape index (κ2) is 7.06. The molecule has 25 heavy (non-hydrogen) atoms. The molecule has 0 saturated carbocycles.